The van der Waals surface area contributed by atoms with Crippen molar-refractivity contribution in [2.75, 3.05) is 13.7 Å². The van der Waals surface area contributed by atoms with Gasteiger partial charge in [0.05, 0.1) is 31.4 Å². The van der Waals surface area contributed by atoms with Crippen LogP contribution in [-0.4, -0.2) is 41.7 Å². The van der Waals surface area contributed by atoms with Crippen LogP contribution in [0, 0.1) is 29.1 Å². The first kappa shape index (κ1) is 21.9. The first-order valence-electron chi connectivity index (χ1n) is 11.3. The Morgan fingerprint density at radius 1 is 1.09 bits per heavy atom. The molecule has 1 N–H and O–H groups in total. The monoisotopic (exact) mass is 428 g/mol. The Morgan fingerprint density at radius 2 is 1.81 bits per heavy atom. The summed E-state index contributed by atoms with van der Waals surface area (Å²) >= 11 is 0. The Hall–Kier alpha value is -3.28. The van der Waals surface area contributed by atoms with E-state index in [0.29, 0.717) is 0 Å². The fraction of sp³-hybridized carbons (Fsp3) is 0.407. The topological polar surface area (TPSA) is 73.6 Å². The highest BCUT2D eigenvalue weighted by molar-refractivity contribution is 5.81. The summed E-state index contributed by atoms with van der Waals surface area (Å²) in [5.41, 5.74) is 2.62. The second-order valence-electron chi connectivity index (χ2n) is 8.50. The van der Waals surface area contributed by atoms with Gasteiger partial charge < -0.3 is 14.7 Å². The Balaban J connectivity index is 1.50. The highest BCUT2D eigenvalue weighted by Gasteiger charge is 2.52. The third kappa shape index (κ3) is 4.22. The molecule has 1 heterocycles. The summed E-state index contributed by atoms with van der Waals surface area (Å²) in [5.74, 6) is 6.85. The van der Waals surface area contributed by atoms with E-state index in [2.05, 4.69) is 17.9 Å². The van der Waals surface area contributed by atoms with E-state index < -0.39 is 6.04 Å². The molecular weight excluding hydrogens is 400 g/mol. The lowest BCUT2D eigenvalue weighted by Crippen LogP contribution is -2.66. The van der Waals surface area contributed by atoms with E-state index in [1.54, 1.807) is 12.0 Å². The van der Waals surface area contributed by atoms with E-state index in [-0.39, 0.29) is 30.4 Å². The van der Waals surface area contributed by atoms with Crippen LogP contribution in [0.15, 0.2) is 48.5 Å². The fourth-order valence-corrected chi connectivity index (χ4v) is 4.95. The number of likely N-dealkylation sites (tertiary alicyclic amines) is 1. The van der Waals surface area contributed by atoms with Crippen molar-refractivity contribution in [2.24, 2.45) is 5.92 Å². The molecule has 2 aromatic rings. The van der Waals surface area contributed by atoms with Crippen molar-refractivity contribution in [2.45, 2.75) is 50.1 Å². The van der Waals surface area contributed by atoms with Gasteiger partial charge in [-0.05, 0) is 42.7 Å². The lowest BCUT2D eigenvalue weighted by atomic mass is 9.74. The van der Waals surface area contributed by atoms with E-state index in [0.717, 1.165) is 48.1 Å². The maximum absolute atomic E-state index is 13.1. The van der Waals surface area contributed by atoms with E-state index >= 15 is 0 Å². The summed E-state index contributed by atoms with van der Waals surface area (Å²) in [6, 6.07) is 16.8. The number of para-hydroxylation sites is 1. The normalized spacial score (nSPS) is 22.8. The van der Waals surface area contributed by atoms with Crippen molar-refractivity contribution in [3.63, 3.8) is 0 Å². The fourth-order valence-electron chi connectivity index (χ4n) is 4.95. The van der Waals surface area contributed by atoms with Crippen LogP contribution in [-0.2, 0) is 4.79 Å². The highest BCUT2D eigenvalue weighted by atomic mass is 16.5. The molecule has 4 rings (SSSR count). The van der Waals surface area contributed by atoms with Crippen LogP contribution in [0.5, 0.6) is 5.75 Å². The van der Waals surface area contributed by atoms with E-state index in [9.17, 15) is 15.2 Å². The van der Waals surface area contributed by atoms with E-state index in [1.165, 1.54) is 6.42 Å². The number of aliphatic hydroxyl groups is 1. The Bertz CT molecular complexity index is 1050. The molecule has 5 heteroatoms. The van der Waals surface area contributed by atoms with Gasteiger partial charge in [0.2, 0.25) is 5.91 Å². The minimum Gasteiger partial charge on any atom is -0.495 e. The summed E-state index contributed by atoms with van der Waals surface area (Å²) in [4.78, 5) is 14.7. The van der Waals surface area contributed by atoms with Gasteiger partial charge in [0, 0.05) is 17.4 Å². The average Bonchev–Trinajstić information content (AvgIpc) is 2.84. The number of ether oxygens (including phenoxy) is 1. The smallest absolute Gasteiger partial charge is 0.227 e. The summed E-state index contributed by atoms with van der Waals surface area (Å²) in [5, 5.41) is 19.8. The lowest BCUT2D eigenvalue weighted by molar-refractivity contribution is -0.152. The van der Waals surface area contributed by atoms with Crippen LogP contribution in [0.1, 0.15) is 54.7 Å². The molecule has 1 aliphatic carbocycles. The van der Waals surface area contributed by atoms with Gasteiger partial charge in [0.1, 0.15) is 11.8 Å². The van der Waals surface area contributed by atoms with Gasteiger partial charge in [-0.2, -0.15) is 5.26 Å². The number of carbonyl (C=O) groups excluding carboxylic acids is 1. The zero-order chi connectivity index (χ0) is 22.5. The molecule has 0 radical (unpaired) electrons. The number of benzene rings is 2. The van der Waals surface area contributed by atoms with Gasteiger partial charge in [0.25, 0.3) is 0 Å². The molecule has 0 unspecified atom stereocenters. The first-order chi connectivity index (χ1) is 15.7. The first-order valence-corrected chi connectivity index (χ1v) is 11.3. The van der Waals surface area contributed by atoms with Gasteiger partial charge in [-0.25, -0.2) is 0 Å². The second kappa shape index (κ2) is 9.90. The molecule has 2 fully saturated rings. The zero-order valence-electron chi connectivity index (χ0n) is 18.3. The number of carbonyl (C=O) groups is 1. The van der Waals surface area contributed by atoms with Crippen molar-refractivity contribution in [3.05, 3.63) is 65.2 Å². The number of aliphatic hydroxyl groups excluding tert-OH is 1. The van der Waals surface area contributed by atoms with Crippen LogP contribution in [0.4, 0.5) is 0 Å². The van der Waals surface area contributed by atoms with Crippen LogP contribution >= 0.6 is 0 Å². The van der Waals surface area contributed by atoms with Crippen LogP contribution in [0.2, 0.25) is 0 Å². The molecule has 164 valence electrons. The Morgan fingerprint density at radius 3 is 2.47 bits per heavy atom. The van der Waals surface area contributed by atoms with Crippen molar-refractivity contribution < 1.29 is 14.6 Å². The summed E-state index contributed by atoms with van der Waals surface area (Å²) < 4.78 is 5.34. The number of nitrogens with zero attached hydrogens (tertiary/aromatic N) is 2. The molecule has 1 saturated heterocycles. The highest BCUT2D eigenvalue weighted by Crippen LogP contribution is 2.42. The molecule has 2 aliphatic rings. The third-order valence-electron chi connectivity index (χ3n) is 6.68. The lowest BCUT2D eigenvalue weighted by Gasteiger charge is -2.52. The molecule has 2 aromatic carbocycles. The minimum atomic E-state index is -0.535. The molecule has 0 bridgehead atoms. The van der Waals surface area contributed by atoms with Crippen LogP contribution in [0.3, 0.4) is 0 Å². The number of amides is 1. The van der Waals surface area contributed by atoms with Gasteiger partial charge in [-0.3, -0.25) is 4.79 Å². The zero-order valence-corrected chi connectivity index (χ0v) is 18.3. The summed E-state index contributed by atoms with van der Waals surface area (Å²) in [7, 11) is 1.62. The van der Waals surface area contributed by atoms with Crippen molar-refractivity contribution in [3.8, 4) is 23.7 Å². The number of methoxy groups -OCH3 is 1. The van der Waals surface area contributed by atoms with Gasteiger partial charge in [0.15, 0.2) is 0 Å². The number of hydrogen-bond acceptors (Lipinski definition) is 4. The Labute approximate surface area is 189 Å². The maximum atomic E-state index is 13.1. The van der Waals surface area contributed by atoms with Crippen LogP contribution < -0.4 is 4.74 Å². The van der Waals surface area contributed by atoms with Gasteiger partial charge in [-0.1, -0.05) is 55.4 Å². The molecule has 0 spiro atoms. The van der Waals surface area contributed by atoms with Crippen molar-refractivity contribution >= 4 is 5.91 Å². The van der Waals surface area contributed by atoms with E-state index in [4.69, 9.17) is 4.74 Å². The standard InChI is InChI=1S/C27H28N2O3/c1-32-25-10-6-5-7-20(25)14-11-19-12-15-21(16-13-19)26-23(17-28)29(24(26)18-30)27(31)22-8-3-2-4-9-22/h5-7,10,12-13,15-16,22-24,26,30H,2-4,8-9,18H2,1H3/t23-,24-,26-/m1/s1. The molecule has 32 heavy (non-hydrogen) atoms. The number of hydrogen-bond donors (Lipinski definition) is 1. The Kier molecular flexibility index (Phi) is 6.78. The quantitative estimate of drug-likeness (QED) is 0.751. The van der Waals surface area contributed by atoms with E-state index in [1.807, 2.05) is 48.5 Å². The van der Waals surface area contributed by atoms with Crippen molar-refractivity contribution in [1.29, 1.82) is 5.26 Å². The molecule has 5 nitrogen and oxygen atoms in total. The molecule has 1 aliphatic heterocycles. The molecular formula is C27H28N2O3. The molecule has 1 amide bonds. The minimum absolute atomic E-state index is 0.0118. The molecule has 1 saturated carbocycles. The van der Waals surface area contributed by atoms with Crippen LogP contribution in [0.25, 0.3) is 0 Å². The molecule has 3 atom stereocenters. The third-order valence-corrected chi connectivity index (χ3v) is 6.68. The predicted octanol–water partition coefficient (Wildman–Crippen LogP) is 3.85. The van der Waals surface area contributed by atoms with Gasteiger partial charge >= 0.3 is 0 Å². The second-order valence-corrected chi connectivity index (χ2v) is 8.50. The summed E-state index contributed by atoms with van der Waals surface area (Å²) in [6.07, 6.45) is 5.06. The maximum Gasteiger partial charge on any atom is 0.227 e. The summed E-state index contributed by atoms with van der Waals surface area (Å²) in [6.45, 7) is -0.142. The largest absolute Gasteiger partial charge is 0.495 e. The molecule has 0 aromatic heterocycles. The number of rotatable bonds is 4. The predicted molar refractivity (Wildman–Crippen MR) is 122 cm³/mol. The SMILES string of the molecule is COc1ccccc1C#Cc1ccc([C@@H]2[C@@H](C#N)N(C(=O)C3CCCCC3)[C@@H]2CO)cc1. The average molecular weight is 429 g/mol. The van der Waals surface area contributed by atoms with Gasteiger partial charge in [-0.15, -0.1) is 0 Å². The number of nitriles is 1. The van der Waals surface area contributed by atoms with Crippen molar-refractivity contribution in [1.82, 2.24) is 4.90 Å².